The highest BCUT2D eigenvalue weighted by molar-refractivity contribution is 5.93. The van der Waals surface area contributed by atoms with Crippen LogP contribution in [0.5, 0.6) is 0 Å². The molecule has 0 saturated heterocycles. The summed E-state index contributed by atoms with van der Waals surface area (Å²) in [6.45, 7) is 4.00. The zero-order valence-corrected chi connectivity index (χ0v) is 8.66. The van der Waals surface area contributed by atoms with E-state index in [0.29, 0.717) is 11.3 Å². The standard InChI is InChI=1S/C8H7FN4.C2H6/c9-5-1-2-7-12-3-6(8(10)11)13(7)4-5;1-2/h1-4H,(H3,10,11);1-2H3. The first-order valence-corrected chi connectivity index (χ1v) is 4.65. The van der Waals surface area contributed by atoms with Gasteiger partial charge in [0.1, 0.15) is 23.0 Å². The fraction of sp³-hybridized carbons (Fsp3) is 0.200. The van der Waals surface area contributed by atoms with Gasteiger partial charge in [-0.25, -0.2) is 9.37 Å². The van der Waals surface area contributed by atoms with Gasteiger partial charge in [-0.05, 0) is 12.1 Å². The molecule has 0 aliphatic heterocycles. The van der Waals surface area contributed by atoms with Gasteiger partial charge in [0.05, 0.1) is 6.20 Å². The number of pyridine rings is 1. The smallest absolute Gasteiger partial charge is 0.141 e. The lowest BCUT2D eigenvalue weighted by Crippen LogP contribution is -2.13. The van der Waals surface area contributed by atoms with Crippen molar-refractivity contribution in [3.63, 3.8) is 0 Å². The summed E-state index contributed by atoms with van der Waals surface area (Å²) in [5.74, 6) is -0.508. The third-order valence-corrected chi connectivity index (χ3v) is 1.75. The summed E-state index contributed by atoms with van der Waals surface area (Å²) in [7, 11) is 0. The fourth-order valence-corrected chi connectivity index (χ4v) is 1.15. The second-order valence-electron chi connectivity index (χ2n) is 2.63. The van der Waals surface area contributed by atoms with Crippen LogP contribution >= 0.6 is 0 Å². The molecule has 0 aliphatic rings. The average Bonchev–Trinajstić information content (AvgIpc) is 2.63. The van der Waals surface area contributed by atoms with E-state index in [1.807, 2.05) is 13.8 Å². The Balaban J connectivity index is 0.000000531. The number of nitrogen functional groups attached to an aromatic ring is 1. The fourth-order valence-electron chi connectivity index (χ4n) is 1.15. The van der Waals surface area contributed by atoms with Crippen LogP contribution in [0, 0.1) is 11.2 Å². The Kier molecular flexibility index (Phi) is 3.38. The summed E-state index contributed by atoms with van der Waals surface area (Å²) in [6, 6.07) is 2.84. The molecule has 0 fully saturated rings. The highest BCUT2D eigenvalue weighted by atomic mass is 19.1. The van der Waals surface area contributed by atoms with Gasteiger partial charge in [0, 0.05) is 6.20 Å². The van der Waals surface area contributed by atoms with Crippen LogP contribution in [0.15, 0.2) is 24.5 Å². The Hall–Kier alpha value is -1.91. The number of rotatable bonds is 1. The molecule has 0 amide bonds. The summed E-state index contributed by atoms with van der Waals surface area (Å²) in [5, 5.41) is 7.20. The quantitative estimate of drug-likeness (QED) is 0.554. The van der Waals surface area contributed by atoms with Gasteiger partial charge in [-0.1, -0.05) is 13.8 Å². The first-order chi connectivity index (χ1) is 7.18. The van der Waals surface area contributed by atoms with Gasteiger partial charge in [-0.2, -0.15) is 0 Å². The normalized spacial score (nSPS) is 9.53. The number of halogens is 1. The van der Waals surface area contributed by atoms with E-state index in [1.165, 1.54) is 28.9 Å². The Morgan fingerprint density at radius 2 is 2.13 bits per heavy atom. The molecule has 0 aliphatic carbocycles. The number of hydrogen-bond donors (Lipinski definition) is 2. The van der Waals surface area contributed by atoms with E-state index in [-0.39, 0.29) is 11.7 Å². The van der Waals surface area contributed by atoms with Crippen molar-refractivity contribution < 1.29 is 4.39 Å². The molecule has 2 aromatic heterocycles. The number of aromatic nitrogens is 2. The Morgan fingerprint density at radius 1 is 1.47 bits per heavy atom. The van der Waals surface area contributed by atoms with Crippen molar-refractivity contribution in [2.45, 2.75) is 13.8 Å². The molecule has 2 aromatic rings. The number of fused-ring (bicyclic) bond motifs is 1. The summed E-state index contributed by atoms with van der Waals surface area (Å²) < 4.78 is 14.2. The lowest BCUT2D eigenvalue weighted by molar-refractivity contribution is 0.619. The lowest BCUT2D eigenvalue weighted by Gasteiger charge is -1.98. The van der Waals surface area contributed by atoms with Crippen LogP contribution < -0.4 is 5.73 Å². The first kappa shape index (κ1) is 11.2. The molecule has 0 saturated carbocycles. The minimum absolute atomic E-state index is 0.127. The molecule has 0 spiro atoms. The number of nitrogens with zero attached hydrogens (tertiary/aromatic N) is 2. The minimum atomic E-state index is -0.381. The number of amidine groups is 1. The molecular formula is C10H13FN4. The predicted molar refractivity (Wildman–Crippen MR) is 57.5 cm³/mol. The van der Waals surface area contributed by atoms with E-state index in [9.17, 15) is 4.39 Å². The molecule has 0 radical (unpaired) electrons. The summed E-state index contributed by atoms with van der Waals surface area (Å²) in [4.78, 5) is 3.96. The molecular weight excluding hydrogens is 195 g/mol. The van der Waals surface area contributed by atoms with E-state index in [0.717, 1.165) is 0 Å². The van der Waals surface area contributed by atoms with Crippen molar-refractivity contribution in [1.29, 1.82) is 5.41 Å². The van der Waals surface area contributed by atoms with Crippen LogP contribution in [0.1, 0.15) is 19.5 Å². The van der Waals surface area contributed by atoms with Crippen molar-refractivity contribution in [2.24, 2.45) is 5.73 Å². The van der Waals surface area contributed by atoms with Gasteiger partial charge >= 0.3 is 0 Å². The van der Waals surface area contributed by atoms with Crippen LogP contribution in [-0.4, -0.2) is 15.2 Å². The highest BCUT2D eigenvalue weighted by Gasteiger charge is 2.05. The maximum Gasteiger partial charge on any atom is 0.141 e. The van der Waals surface area contributed by atoms with Gasteiger partial charge in [0.25, 0.3) is 0 Å². The molecule has 0 unspecified atom stereocenters. The van der Waals surface area contributed by atoms with Crippen LogP contribution in [-0.2, 0) is 0 Å². The summed E-state index contributed by atoms with van der Waals surface area (Å²) >= 11 is 0. The van der Waals surface area contributed by atoms with Crippen LogP contribution in [0.3, 0.4) is 0 Å². The molecule has 5 heteroatoms. The minimum Gasteiger partial charge on any atom is -0.382 e. The van der Waals surface area contributed by atoms with Gasteiger partial charge in [0.2, 0.25) is 0 Å². The lowest BCUT2D eigenvalue weighted by atomic mass is 10.4. The van der Waals surface area contributed by atoms with Crippen molar-refractivity contribution in [3.8, 4) is 0 Å². The number of nitrogens with two attached hydrogens (primary N) is 1. The Bertz CT molecular complexity index is 475. The third kappa shape index (κ3) is 2.12. The maximum atomic E-state index is 12.8. The number of hydrogen-bond acceptors (Lipinski definition) is 2. The summed E-state index contributed by atoms with van der Waals surface area (Å²) in [6.07, 6.45) is 2.69. The molecule has 80 valence electrons. The second-order valence-corrected chi connectivity index (χ2v) is 2.63. The average molecular weight is 208 g/mol. The van der Waals surface area contributed by atoms with E-state index < -0.39 is 0 Å². The topological polar surface area (TPSA) is 67.2 Å². The van der Waals surface area contributed by atoms with Crippen molar-refractivity contribution in [3.05, 3.63) is 36.0 Å². The molecule has 3 N–H and O–H groups in total. The van der Waals surface area contributed by atoms with Gasteiger partial charge in [0.15, 0.2) is 0 Å². The highest BCUT2D eigenvalue weighted by Crippen LogP contribution is 2.07. The molecule has 15 heavy (non-hydrogen) atoms. The molecule has 0 bridgehead atoms. The first-order valence-electron chi connectivity index (χ1n) is 4.65. The van der Waals surface area contributed by atoms with Gasteiger partial charge < -0.3 is 5.73 Å². The van der Waals surface area contributed by atoms with Crippen molar-refractivity contribution >= 4 is 11.5 Å². The zero-order valence-electron chi connectivity index (χ0n) is 8.66. The van der Waals surface area contributed by atoms with Crippen molar-refractivity contribution in [1.82, 2.24) is 9.38 Å². The molecule has 2 heterocycles. The molecule has 0 aromatic carbocycles. The third-order valence-electron chi connectivity index (χ3n) is 1.75. The van der Waals surface area contributed by atoms with Gasteiger partial charge in [-0.15, -0.1) is 0 Å². The predicted octanol–water partition coefficient (Wildman–Crippen LogP) is 1.78. The summed E-state index contributed by atoms with van der Waals surface area (Å²) in [5.41, 5.74) is 6.25. The zero-order chi connectivity index (χ0) is 11.4. The second kappa shape index (κ2) is 4.54. The molecule has 4 nitrogen and oxygen atoms in total. The molecule has 0 atom stereocenters. The SMILES string of the molecule is CC.N=C(N)c1cnc2ccc(F)cn12. The van der Waals surface area contributed by atoms with Gasteiger partial charge in [-0.3, -0.25) is 9.81 Å². The van der Waals surface area contributed by atoms with Crippen molar-refractivity contribution in [2.75, 3.05) is 0 Å². The monoisotopic (exact) mass is 208 g/mol. The van der Waals surface area contributed by atoms with E-state index in [4.69, 9.17) is 11.1 Å². The molecule has 2 rings (SSSR count). The van der Waals surface area contributed by atoms with E-state index >= 15 is 0 Å². The maximum absolute atomic E-state index is 12.8. The van der Waals surface area contributed by atoms with Crippen LogP contribution in [0.25, 0.3) is 5.65 Å². The largest absolute Gasteiger partial charge is 0.382 e. The van der Waals surface area contributed by atoms with Crippen LogP contribution in [0.4, 0.5) is 4.39 Å². The Morgan fingerprint density at radius 3 is 2.73 bits per heavy atom. The number of nitrogens with one attached hydrogen (secondary N) is 1. The Labute approximate surface area is 87.1 Å². The number of imidazole rings is 1. The van der Waals surface area contributed by atoms with Crippen LogP contribution in [0.2, 0.25) is 0 Å². The van der Waals surface area contributed by atoms with E-state index in [2.05, 4.69) is 4.98 Å². The van der Waals surface area contributed by atoms with E-state index in [1.54, 1.807) is 0 Å².